The fourth-order valence-electron chi connectivity index (χ4n) is 1.86. The zero-order chi connectivity index (χ0) is 11.0. The van der Waals surface area contributed by atoms with E-state index in [4.69, 9.17) is 0 Å². The van der Waals surface area contributed by atoms with Crippen LogP contribution in [0.1, 0.15) is 18.9 Å². The minimum Gasteiger partial charge on any atom is -0.490 e. The molecule has 3 nitrogen and oxygen atoms in total. The second-order valence-electron chi connectivity index (χ2n) is 3.61. The van der Waals surface area contributed by atoms with Gasteiger partial charge in [0.05, 0.1) is 0 Å². The third kappa shape index (κ3) is 1.63. The Morgan fingerprint density at radius 3 is 2.87 bits per heavy atom. The molecule has 0 unspecified atom stereocenters. The minimum absolute atomic E-state index is 0.341. The van der Waals surface area contributed by atoms with Gasteiger partial charge in [-0.2, -0.15) is 0 Å². The van der Waals surface area contributed by atoms with E-state index in [1.54, 1.807) is 6.92 Å². The molecule has 0 spiro atoms. The topological polar surface area (TPSA) is 43.1 Å². The van der Waals surface area contributed by atoms with E-state index >= 15 is 0 Å². The predicted octanol–water partition coefficient (Wildman–Crippen LogP) is 1.22. The molecule has 0 bridgehead atoms. The monoisotopic (exact) mass is 207 g/mol. The molecule has 4 heteroatoms. The molecule has 1 amide bonds. The van der Waals surface area contributed by atoms with E-state index < -0.39 is 6.09 Å². The van der Waals surface area contributed by atoms with Crippen LogP contribution in [0, 0.1) is 5.82 Å². The number of fused-ring (bicyclic) bond motifs is 1. The average Bonchev–Trinajstić information content (AvgIpc) is 2.17. The molecule has 0 saturated carbocycles. The number of hydrogen-bond acceptors (Lipinski definition) is 2. The molecule has 0 N–H and O–H groups in total. The third-order valence-electron chi connectivity index (χ3n) is 2.60. The minimum atomic E-state index is -1.26. The van der Waals surface area contributed by atoms with Gasteiger partial charge in [0.15, 0.2) is 5.71 Å². The highest BCUT2D eigenvalue weighted by Gasteiger charge is 2.25. The molecule has 1 aromatic rings. The van der Waals surface area contributed by atoms with Crippen LogP contribution in [0.15, 0.2) is 18.2 Å². The lowest BCUT2D eigenvalue weighted by molar-refractivity contribution is -0.458. The van der Waals surface area contributed by atoms with E-state index in [-0.39, 0.29) is 5.82 Å². The molecular weight excluding hydrogens is 197 g/mol. The summed E-state index contributed by atoms with van der Waals surface area (Å²) < 4.78 is 14.0. The number of halogens is 1. The maximum atomic E-state index is 12.9. The Balaban J connectivity index is 2.62. The van der Waals surface area contributed by atoms with Crippen LogP contribution in [-0.2, 0) is 6.42 Å². The van der Waals surface area contributed by atoms with Crippen molar-refractivity contribution in [2.75, 3.05) is 0 Å². The lowest BCUT2D eigenvalue weighted by Gasteiger charge is -2.14. The summed E-state index contributed by atoms with van der Waals surface area (Å²) in [5, 5.41) is 10.9. The number of aryl methyl sites for hydroxylation is 1. The summed E-state index contributed by atoms with van der Waals surface area (Å²) in [5.74, 6) is -0.341. The number of amides is 1. The first-order valence-electron chi connectivity index (χ1n) is 4.71. The highest BCUT2D eigenvalue weighted by Crippen LogP contribution is 2.26. The zero-order valence-electron chi connectivity index (χ0n) is 8.29. The average molecular weight is 207 g/mol. The van der Waals surface area contributed by atoms with Gasteiger partial charge in [-0.25, -0.2) is 4.39 Å². The standard InChI is InChI=1S/C11H10FNO2/c1-7-2-3-8-6-9(12)4-5-10(8)13(7)11(14)15/h4-6H,2-3H2,1H3. The molecule has 0 fully saturated rings. The number of carbonyl (C=O) groups excluding carboxylic acids is 1. The van der Waals surface area contributed by atoms with Crippen molar-refractivity contribution in [2.24, 2.45) is 0 Å². The van der Waals surface area contributed by atoms with E-state index in [2.05, 4.69) is 0 Å². The SMILES string of the molecule is CC1=[N+](C(=O)[O-])c2ccc(F)cc2CC1. The largest absolute Gasteiger partial charge is 0.490 e. The highest BCUT2D eigenvalue weighted by atomic mass is 19.1. The second-order valence-corrected chi connectivity index (χ2v) is 3.61. The summed E-state index contributed by atoms with van der Waals surface area (Å²) >= 11 is 0. The van der Waals surface area contributed by atoms with Crippen LogP contribution < -0.4 is 5.11 Å². The molecule has 1 aliphatic rings. The number of carbonyl (C=O) groups is 1. The fourth-order valence-corrected chi connectivity index (χ4v) is 1.86. The van der Waals surface area contributed by atoms with Gasteiger partial charge in [-0.3, -0.25) is 0 Å². The molecule has 0 saturated heterocycles. The van der Waals surface area contributed by atoms with E-state index in [0.717, 1.165) is 4.58 Å². The van der Waals surface area contributed by atoms with Crippen molar-refractivity contribution in [3.05, 3.63) is 29.6 Å². The van der Waals surface area contributed by atoms with E-state index in [9.17, 15) is 14.3 Å². The molecule has 15 heavy (non-hydrogen) atoms. The predicted molar refractivity (Wildman–Crippen MR) is 50.7 cm³/mol. The molecule has 1 heterocycles. The smallest absolute Gasteiger partial charge is 0.343 e. The van der Waals surface area contributed by atoms with Gasteiger partial charge in [0.2, 0.25) is 5.69 Å². The number of carboxylic acid groups (broad SMARTS) is 1. The van der Waals surface area contributed by atoms with Crippen molar-refractivity contribution >= 4 is 17.5 Å². The highest BCUT2D eigenvalue weighted by molar-refractivity contribution is 5.84. The lowest BCUT2D eigenvalue weighted by atomic mass is 10.0. The maximum absolute atomic E-state index is 12.9. The molecular formula is C11H10FNO2. The van der Waals surface area contributed by atoms with E-state index in [1.807, 2.05) is 0 Å². The van der Waals surface area contributed by atoms with Crippen molar-refractivity contribution in [1.29, 1.82) is 0 Å². The van der Waals surface area contributed by atoms with Gasteiger partial charge in [-0.15, -0.1) is 4.58 Å². The molecule has 1 aliphatic heterocycles. The van der Waals surface area contributed by atoms with E-state index in [1.165, 1.54) is 18.2 Å². The summed E-state index contributed by atoms with van der Waals surface area (Å²) in [5.41, 5.74) is 1.94. The number of hydrogen-bond donors (Lipinski definition) is 0. The Bertz CT molecular complexity index is 466. The number of nitrogens with zero attached hydrogens (tertiary/aromatic N) is 1. The summed E-state index contributed by atoms with van der Waals surface area (Å²) in [6.45, 7) is 1.74. The van der Waals surface area contributed by atoms with Crippen molar-refractivity contribution < 1.29 is 18.9 Å². The van der Waals surface area contributed by atoms with Gasteiger partial charge in [-0.1, -0.05) is 0 Å². The first-order chi connectivity index (χ1) is 7.09. The van der Waals surface area contributed by atoms with Crippen LogP contribution in [0.4, 0.5) is 14.9 Å². The molecule has 1 aromatic carbocycles. The molecule has 0 atom stereocenters. The lowest BCUT2D eigenvalue weighted by Crippen LogP contribution is -2.36. The van der Waals surface area contributed by atoms with Crippen LogP contribution in [0.5, 0.6) is 0 Å². The van der Waals surface area contributed by atoms with Crippen LogP contribution in [0.25, 0.3) is 0 Å². The van der Waals surface area contributed by atoms with Gasteiger partial charge in [-0.05, 0) is 18.6 Å². The molecule has 0 radical (unpaired) electrons. The fraction of sp³-hybridized carbons (Fsp3) is 0.273. The van der Waals surface area contributed by atoms with Crippen LogP contribution in [0.3, 0.4) is 0 Å². The first-order valence-corrected chi connectivity index (χ1v) is 4.71. The quantitative estimate of drug-likeness (QED) is 0.600. The van der Waals surface area contributed by atoms with Gasteiger partial charge in [0, 0.05) is 25.0 Å². The maximum Gasteiger partial charge on any atom is 0.343 e. The van der Waals surface area contributed by atoms with Crippen molar-refractivity contribution in [3.8, 4) is 0 Å². The van der Waals surface area contributed by atoms with Crippen LogP contribution in [-0.4, -0.2) is 16.4 Å². The Labute approximate surface area is 86.5 Å². The second kappa shape index (κ2) is 3.46. The first kappa shape index (κ1) is 9.83. The summed E-state index contributed by atoms with van der Waals surface area (Å²) in [6.07, 6.45) is 0.0210. The molecule has 0 aliphatic carbocycles. The van der Waals surface area contributed by atoms with Crippen LogP contribution in [0.2, 0.25) is 0 Å². The van der Waals surface area contributed by atoms with Crippen LogP contribution >= 0.6 is 0 Å². The summed E-state index contributed by atoms with van der Waals surface area (Å²) in [6, 6.07) is 4.11. The molecule has 78 valence electrons. The van der Waals surface area contributed by atoms with Crippen molar-refractivity contribution in [1.82, 2.24) is 0 Å². The Hall–Kier alpha value is -1.71. The van der Waals surface area contributed by atoms with Gasteiger partial charge < -0.3 is 9.90 Å². The zero-order valence-corrected chi connectivity index (χ0v) is 8.29. The van der Waals surface area contributed by atoms with Gasteiger partial charge >= 0.3 is 6.09 Å². The normalized spacial score (nSPS) is 15.1. The van der Waals surface area contributed by atoms with Gasteiger partial charge in [0.1, 0.15) is 5.82 Å². The van der Waals surface area contributed by atoms with Crippen molar-refractivity contribution in [2.45, 2.75) is 19.8 Å². The third-order valence-corrected chi connectivity index (χ3v) is 2.60. The molecule has 0 aromatic heterocycles. The number of benzene rings is 1. The summed E-state index contributed by atoms with van der Waals surface area (Å²) in [7, 11) is 0. The summed E-state index contributed by atoms with van der Waals surface area (Å²) in [4.78, 5) is 10.9. The van der Waals surface area contributed by atoms with E-state index in [0.29, 0.717) is 29.8 Å². The van der Waals surface area contributed by atoms with Crippen molar-refractivity contribution in [3.63, 3.8) is 0 Å². The molecule has 2 rings (SSSR count). The Morgan fingerprint density at radius 1 is 1.47 bits per heavy atom. The Kier molecular flexibility index (Phi) is 2.26. The Morgan fingerprint density at radius 2 is 2.20 bits per heavy atom. The van der Waals surface area contributed by atoms with Gasteiger partial charge in [0.25, 0.3) is 0 Å². The number of rotatable bonds is 0.